The molecule has 0 spiro atoms. The largest absolute Gasteiger partial charge is 0.355 e. The fourth-order valence-corrected chi connectivity index (χ4v) is 4.14. The van der Waals surface area contributed by atoms with Gasteiger partial charge in [0.1, 0.15) is 5.69 Å². The summed E-state index contributed by atoms with van der Waals surface area (Å²) in [5.74, 6) is 0.289. The van der Waals surface area contributed by atoms with E-state index in [1.54, 1.807) is 13.0 Å². The van der Waals surface area contributed by atoms with Gasteiger partial charge in [-0.2, -0.15) is 0 Å². The Bertz CT molecular complexity index is 599. The highest BCUT2D eigenvalue weighted by Crippen LogP contribution is 2.24. The fourth-order valence-electron chi connectivity index (χ4n) is 2.55. The molecule has 21 heavy (non-hydrogen) atoms. The molecular formula is C14H24N3O3S+. The Morgan fingerprint density at radius 3 is 2.57 bits per heavy atom. The van der Waals surface area contributed by atoms with Crippen LogP contribution in [0.15, 0.2) is 15.6 Å². The van der Waals surface area contributed by atoms with Crippen molar-refractivity contribution in [1.82, 2.24) is 9.88 Å². The predicted molar refractivity (Wildman–Crippen MR) is 80.3 cm³/mol. The Morgan fingerprint density at radius 1 is 1.29 bits per heavy atom. The number of rotatable bonds is 5. The molecule has 1 aliphatic rings. The number of hydrogen-bond acceptors (Lipinski definition) is 4. The van der Waals surface area contributed by atoms with Crippen LogP contribution in [0.2, 0.25) is 0 Å². The van der Waals surface area contributed by atoms with E-state index < -0.39 is 10.0 Å². The molecule has 2 rings (SSSR count). The zero-order chi connectivity index (χ0) is 15.5. The summed E-state index contributed by atoms with van der Waals surface area (Å²) in [6.07, 6.45) is 8.61. The van der Waals surface area contributed by atoms with Crippen LogP contribution >= 0.6 is 0 Å². The summed E-state index contributed by atoms with van der Waals surface area (Å²) < 4.78 is 33.1. The highest BCUT2D eigenvalue weighted by atomic mass is 32.2. The predicted octanol–water partition coefficient (Wildman–Crippen LogP) is 0.709. The molecule has 0 unspecified atom stereocenters. The van der Waals surface area contributed by atoms with Crippen molar-refractivity contribution in [2.45, 2.75) is 50.0 Å². The molecule has 0 atom stereocenters. The first-order valence-electron chi connectivity index (χ1n) is 7.37. The zero-order valence-electron chi connectivity index (χ0n) is 12.8. The van der Waals surface area contributed by atoms with Gasteiger partial charge in [-0.05, 0) is 19.8 Å². The summed E-state index contributed by atoms with van der Waals surface area (Å²) in [6, 6.07) is 0.0225. The van der Waals surface area contributed by atoms with E-state index in [1.165, 1.54) is 6.42 Å². The number of aromatic nitrogens is 1. The summed E-state index contributed by atoms with van der Waals surface area (Å²) in [6.45, 7) is 1.65. The molecule has 118 valence electrons. The monoisotopic (exact) mass is 314 g/mol. The van der Waals surface area contributed by atoms with Crippen LogP contribution in [0.4, 0.5) is 0 Å². The third-order valence-electron chi connectivity index (χ3n) is 3.60. The Hall–Kier alpha value is -1.18. The molecule has 0 bridgehead atoms. The van der Waals surface area contributed by atoms with Crippen molar-refractivity contribution in [2.75, 3.05) is 14.1 Å². The minimum Gasteiger partial charge on any atom is -0.355 e. The minimum absolute atomic E-state index is 0.0225. The van der Waals surface area contributed by atoms with Gasteiger partial charge in [-0.1, -0.05) is 24.4 Å². The van der Waals surface area contributed by atoms with Crippen molar-refractivity contribution in [3.8, 4) is 0 Å². The average Bonchev–Trinajstić information content (AvgIpc) is 2.79. The van der Waals surface area contributed by atoms with Gasteiger partial charge < -0.3 is 9.42 Å². The Kier molecular flexibility index (Phi) is 5.18. The summed E-state index contributed by atoms with van der Waals surface area (Å²) in [7, 11) is 0.285. The van der Waals surface area contributed by atoms with Gasteiger partial charge in [-0.3, -0.25) is 0 Å². The van der Waals surface area contributed by atoms with Crippen molar-refractivity contribution < 1.29 is 17.8 Å². The third kappa shape index (κ3) is 4.15. The second-order valence-corrected chi connectivity index (χ2v) is 7.48. The van der Waals surface area contributed by atoms with E-state index in [2.05, 4.69) is 9.88 Å². The standard InChI is InChI=1S/C14H23N3O3S/c1-11-14(13(20-15-11)9-10-17(2)3)21(18,19)16-12-7-5-4-6-8-12/h9-10,12,16H,4-8H2,1-3H3/p+1. The van der Waals surface area contributed by atoms with Gasteiger partial charge in [0.25, 0.3) is 0 Å². The maximum atomic E-state index is 12.6. The Labute approximate surface area is 126 Å². The molecule has 1 aliphatic carbocycles. The molecule has 1 aromatic heterocycles. The van der Waals surface area contributed by atoms with Crippen molar-refractivity contribution in [1.29, 1.82) is 0 Å². The summed E-state index contributed by atoms with van der Waals surface area (Å²) in [5.41, 5.74) is 0.395. The summed E-state index contributed by atoms with van der Waals surface area (Å²) >= 11 is 0. The quantitative estimate of drug-likeness (QED) is 0.839. The molecule has 0 aliphatic heterocycles. The maximum Gasteiger partial charge on any atom is 0.246 e. The van der Waals surface area contributed by atoms with Gasteiger partial charge in [-0.25, -0.2) is 13.1 Å². The van der Waals surface area contributed by atoms with Crippen molar-refractivity contribution in [3.63, 3.8) is 0 Å². The van der Waals surface area contributed by atoms with Crippen LogP contribution in [0.1, 0.15) is 43.6 Å². The van der Waals surface area contributed by atoms with E-state index in [0.717, 1.165) is 30.6 Å². The molecule has 6 nitrogen and oxygen atoms in total. The van der Waals surface area contributed by atoms with Crippen LogP contribution in [-0.4, -0.2) is 33.7 Å². The summed E-state index contributed by atoms with van der Waals surface area (Å²) in [5, 5.41) is 3.80. The van der Waals surface area contributed by atoms with Crippen LogP contribution in [0, 0.1) is 6.92 Å². The molecule has 2 N–H and O–H groups in total. The maximum absolute atomic E-state index is 12.6. The van der Waals surface area contributed by atoms with E-state index in [9.17, 15) is 8.42 Å². The van der Waals surface area contributed by atoms with Gasteiger partial charge in [0.2, 0.25) is 10.0 Å². The van der Waals surface area contributed by atoms with Gasteiger partial charge in [0, 0.05) is 12.1 Å². The van der Waals surface area contributed by atoms with E-state index in [-0.39, 0.29) is 16.7 Å². The van der Waals surface area contributed by atoms with Gasteiger partial charge in [0.15, 0.2) is 10.7 Å². The lowest BCUT2D eigenvalue weighted by Gasteiger charge is -2.22. The van der Waals surface area contributed by atoms with Gasteiger partial charge >= 0.3 is 0 Å². The van der Waals surface area contributed by atoms with Crippen molar-refractivity contribution in [3.05, 3.63) is 17.7 Å². The zero-order valence-corrected chi connectivity index (χ0v) is 13.7. The molecule has 1 saturated carbocycles. The van der Waals surface area contributed by atoms with E-state index in [1.807, 2.05) is 20.3 Å². The lowest BCUT2D eigenvalue weighted by atomic mass is 9.96. The molecule has 7 heteroatoms. The van der Waals surface area contributed by atoms with Crippen molar-refractivity contribution >= 4 is 16.1 Å². The van der Waals surface area contributed by atoms with Crippen molar-refractivity contribution in [2.24, 2.45) is 0 Å². The van der Waals surface area contributed by atoms with Crippen LogP contribution in [-0.2, 0) is 10.0 Å². The number of quaternary nitrogens is 1. The molecule has 0 aromatic carbocycles. The topological polar surface area (TPSA) is 76.6 Å². The lowest BCUT2D eigenvalue weighted by molar-refractivity contribution is -0.800. The molecule has 1 aromatic rings. The summed E-state index contributed by atoms with van der Waals surface area (Å²) in [4.78, 5) is 1.22. The van der Waals surface area contributed by atoms with E-state index >= 15 is 0 Å². The van der Waals surface area contributed by atoms with Crippen LogP contribution in [0.5, 0.6) is 0 Å². The fraction of sp³-hybridized carbons (Fsp3) is 0.643. The third-order valence-corrected chi connectivity index (χ3v) is 5.27. The van der Waals surface area contributed by atoms with Crippen LogP contribution in [0.25, 0.3) is 6.08 Å². The number of nitrogens with zero attached hydrogens (tertiary/aromatic N) is 1. The highest BCUT2D eigenvalue weighted by molar-refractivity contribution is 7.89. The molecule has 0 amide bonds. The van der Waals surface area contributed by atoms with Gasteiger partial charge in [0.05, 0.1) is 20.3 Å². The average molecular weight is 314 g/mol. The first-order valence-corrected chi connectivity index (χ1v) is 8.85. The first kappa shape index (κ1) is 16.2. The normalized spacial score (nSPS) is 17.9. The molecule has 1 heterocycles. The number of nitrogens with one attached hydrogen (secondary N) is 2. The smallest absolute Gasteiger partial charge is 0.246 e. The molecule has 0 saturated heterocycles. The first-order chi connectivity index (χ1) is 9.90. The second-order valence-electron chi connectivity index (χ2n) is 5.83. The SMILES string of the molecule is Cc1noc(C=C[NH+](C)C)c1S(=O)(=O)NC1CCCCC1. The second kappa shape index (κ2) is 6.72. The number of hydrogen-bond donors (Lipinski definition) is 2. The van der Waals surface area contributed by atoms with Gasteiger partial charge in [-0.15, -0.1) is 0 Å². The van der Waals surface area contributed by atoms with E-state index in [0.29, 0.717) is 5.69 Å². The highest BCUT2D eigenvalue weighted by Gasteiger charge is 2.28. The minimum atomic E-state index is -3.59. The van der Waals surface area contributed by atoms with Crippen LogP contribution in [0.3, 0.4) is 0 Å². The lowest BCUT2D eigenvalue weighted by Crippen LogP contribution is -3.00. The number of aryl methyl sites for hydroxylation is 1. The molecular weight excluding hydrogens is 290 g/mol. The molecule has 1 fully saturated rings. The molecule has 0 radical (unpaired) electrons. The number of sulfonamides is 1. The van der Waals surface area contributed by atoms with Crippen LogP contribution < -0.4 is 9.62 Å². The Balaban J connectivity index is 2.24. The van der Waals surface area contributed by atoms with E-state index in [4.69, 9.17) is 4.52 Å². The Morgan fingerprint density at radius 2 is 1.95 bits per heavy atom.